The molecule has 1 heterocycles. The zero-order valence-corrected chi connectivity index (χ0v) is 15.4. The number of aliphatic hydroxyl groups is 1. The number of halogens is 1. The van der Waals surface area contributed by atoms with Crippen LogP contribution >= 0.6 is 0 Å². The summed E-state index contributed by atoms with van der Waals surface area (Å²) in [5.74, 6) is 0.127. The number of urea groups is 1. The molecule has 0 fully saturated rings. The summed E-state index contributed by atoms with van der Waals surface area (Å²) < 4.78 is 15.4. The number of anilines is 1. The standard InChI is InChI=1S/C21H24FN3O2/c1-14(2)13-25-9-8-15-11-18(6-7-19(15)25)24-21(27)23-12-20(26)16-4-3-5-17(22)10-16/h3-11,14,20,26H,12-13H2,1-2H3,(H2,23,24,27). The van der Waals surface area contributed by atoms with Gasteiger partial charge < -0.3 is 20.3 Å². The summed E-state index contributed by atoms with van der Waals surface area (Å²) in [6.07, 6.45) is 1.07. The van der Waals surface area contributed by atoms with Crippen LogP contribution < -0.4 is 10.6 Å². The minimum atomic E-state index is -0.973. The predicted octanol–water partition coefficient (Wildman–Crippen LogP) is 4.29. The molecule has 0 aliphatic heterocycles. The first kappa shape index (κ1) is 18.9. The average Bonchev–Trinajstić information content (AvgIpc) is 3.01. The Morgan fingerprint density at radius 3 is 2.74 bits per heavy atom. The second kappa shape index (κ2) is 8.22. The van der Waals surface area contributed by atoms with Crippen molar-refractivity contribution < 1.29 is 14.3 Å². The third-order valence-corrected chi connectivity index (χ3v) is 4.28. The molecule has 2 aromatic carbocycles. The summed E-state index contributed by atoms with van der Waals surface area (Å²) in [7, 11) is 0. The number of amides is 2. The van der Waals surface area contributed by atoms with Crippen molar-refractivity contribution in [2.75, 3.05) is 11.9 Å². The molecule has 5 nitrogen and oxygen atoms in total. The van der Waals surface area contributed by atoms with Gasteiger partial charge in [0.05, 0.1) is 6.10 Å². The zero-order valence-electron chi connectivity index (χ0n) is 15.4. The first-order valence-electron chi connectivity index (χ1n) is 8.99. The third-order valence-electron chi connectivity index (χ3n) is 4.28. The van der Waals surface area contributed by atoms with Gasteiger partial charge in [-0.3, -0.25) is 0 Å². The Morgan fingerprint density at radius 2 is 2.00 bits per heavy atom. The van der Waals surface area contributed by atoms with Crippen molar-refractivity contribution in [1.29, 1.82) is 0 Å². The van der Waals surface area contributed by atoms with Gasteiger partial charge in [0.2, 0.25) is 0 Å². The number of carbonyl (C=O) groups excluding carboxylic acids is 1. The van der Waals surface area contributed by atoms with Gasteiger partial charge >= 0.3 is 6.03 Å². The van der Waals surface area contributed by atoms with Crippen LogP contribution in [0.4, 0.5) is 14.9 Å². The molecule has 0 aliphatic rings. The van der Waals surface area contributed by atoms with Gasteiger partial charge in [0.15, 0.2) is 0 Å². The van der Waals surface area contributed by atoms with Crippen molar-refractivity contribution in [3.05, 3.63) is 66.1 Å². The Kier molecular flexibility index (Phi) is 5.76. The molecule has 3 rings (SSSR count). The van der Waals surface area contributed by atoms with E-state index in [1.165, 1.54) is 18.2 Å². The Bertz CT molecular complexity index is 936. The lowest BCUT2D eigenvalue weighted by molar-refractivity contribution is 0.174. The number of hydrogen-bond donors (Lipinski definition) is 3. The summed E-state index contributed by atoms with van der Waals surface area (Å²) in [6.45, 7) is 5.27. The zero-order chi connectivity index (χ0) is 19.4. The molecular formula is C21H24FN3O2. The van der Waals surface area contributed by atoms with Crippen LogP contribution in [0.3, 0.4) is 0 Å². The van der Waals surface area contributed by atoms with Crippen molar-refractivity contribution in [2.24, 2.45) is 5.92 Å². The first-order valence-corrected chi connectivity index (χ1v) is 8.99. The summed E-state index contributed by atoms with van der Waals surface area (Å²) in [5, 5.41) is 16.5. The van der Waals surface area contributed by atoms with Gasteiger partial charge in [-0.1, -0.05) is 26.0 Å². The lowest BCUT2D eigenvalue weighted by Crippen LogP contribution is -2.32. The SMILES string of the molecule is CC(C)Cn1ccc2cc(NC(=O)NCC(O)c3cccc(F)c3)ccc21. The summed E-state index contributed by atoms with van der Waals surface area (Å²) >= 11 is 0. The molecule has 0 saturated heterocycles. The number of nitrogens with one attached hydrogen (secondary N) is 2. The fourth-order valence-corrected chi connectivity index (χ4v) is 3.03. The highest BCUT2D eigenvalue weighted by Gasteiger charge is 2.11. The van der Waals surface area contributed by atoms with E-state index in [4.69, 9.17) is 0 Å². The summed E-state index contributed by atoms with van der Waals surface area (Å²) in [6, 6.07) is 13.0. The van der Waals surface area contributed by atoms with E-state index in [1.807, 2.05) is 30.5 Å². The van der Waals surface area contributed by atoms with Crippen LogP contribution in [0.15, 0.2) is 54.7 Å². The van der Waals surface area contributed by atoms with Crippen LogP contribution in [0, 0.1) is 11.7 Å². The largest absolute Gasteiger partial charge is 0.387 e. The molecule has 1 aromatic heterocycles. The maximum atomic E-state index is 13.2. The van der Waals surface area contributed by atoms with Crippen LogP contribution in [-0.2, 0) is 6.54 Å². The molecule has 0 bridgehead atoms. The average molecular weight is 369 g/mol. The number of benzene rings is 2. The van der Waals surface area contributed by atoms with E-state index >= 15 is 0 Å². The summed E-state index contributed by atoms with van der Waals surface area (Å²) in [4.78, 5) is 12.1. The molecule has 3 aromatic rings. The molecule has 2 amide bonds. The fourth-order valence-electron chi connectivity index (χ4n) is 3.03. The van der Waals surface area contributed by atoms with E-state index < -0.39 is 18.0 Å². The molecule has 1 unspecified atom stereocenters. The Morgan fingerprint density at radius 1 is 1.19 bits per heavy atom. The molecule has 3 N–H and O–H groups in total. The minimum Gasteiger partial charge on any atom is -0.387 e. The number of hydrogen-bond acceptors (Lipinski definition) is 2. The summed E-state index contributed by atoms with van der Waals surface area (Å²) in [5.41, 5.74) is 2.21. The molecular weight excluding hydrogens is 345 g/mol. The number of aromatic nitrogens is 1. The van der Waals surface area contributed by atoms with Crippen molar-refractivity contribution in [3.8, 4) is 0 Å². The van der Waals surface area contributed by atoms with Gasteiger partial charge in [-0.15, -0.1) is 0 Å². The van der Waals surface area contributed by atoms with Gasteiger partial charge in [-0.2, -0.15) is 0 Å². The maximum absolute atomic E-state index is 13.2. The van der Waals surface area contributed by atoms with Crippen molar-refractivity contribution in [1.82, 2.24) is 9.88 Å². The Hall–Kier alpha value is -2.86. The van der Waals surface area contributed by atoms with Crippen molar-refractivity contribution in [3.63, 3.8) is 0 Å². The molecule has 142 valence electrons. The van der Waals surface area contributed by atoms with Crippen molar-refractivity contribution >= 4 is 22.6 Å². The molecule has 0 saturated carbocycles. The van der Waals surface area contributed by atoms with E-state index in [-0.39, 0.29) is 6.54 Å². The first-order chi connectivity index (χ1) is 12.9. The van der Waals surface area contributed by atoms with E-state index in [0.717, 1.165) is 17.4 Å². The Labute approximate surface area is 157 Å². The highest BCUT2D eigenvalue weighted by molar-refractivity contribution is 5.93. The second-order valence-corrected chi connectivity index (χ2v) is 7.04. The molecule has 27 heavy (non-hydrogen) atoms. The van der Waals surface area contributed by atoms with Crippen LogP contribution in [-0.4, -0.2) is 22.2 Å². The Balaban J connectivity index is 1.59. The van der Waals surface area contributed by atoms with E-state index in [2.05, 4.69) is 29.0 Å². The molecule has 0 spiro atoms. The topological polar surface area (TPSA) is 66.3 Å². The fraction of sp³-hybridized carbons (Fsp3) is 0.286. The van der Waals surface area contributed by atoms with Gasteiger partial charge in [0.25, 0.3) is 0 Å². The quantitative estimate of drug-likeness (QED) is 0.607. The van der Waals surface area contributed by atoms with Crippen molar-refractivity contribution in [2.45, 2.75) is 26.5 Å². The predicted molar refractivity (Wildman–Crippen MR) is 105 cm³/mol. The molecule has 0 radical (unpaired) electrons. The minimum absolute atomic E-state index is 0.0116. The molecule has 6 heteroatoms. The lowest BCUT2D eigenvalue weighted by Gasteiger charge is -2.13. The van der Waals surface area contributed by atoms with Crippen LogP contribution in [0.5, 0.6) is 0 Å². The van der Waals surface area contributed by atoms with Gasteiger partial charge in [-0.25, -0.2) is 9.18 Å². The van der Waals surface area contributed by atoms with Gasteiger partial charge in [0, 0.05) is 35.9 Å². The highest BCUT2D eigenvalue weighted by atomic mass is 19.1. The smallest absolute Gasteiger partial charge is 0.319 e. The molecule has 0 aliphatic carbocycles. The monoisotopic (exact) mass is 369 g/mol. The normalized spacial score (nSPS) is 12.3. The number of carbonyl (C=O) groups is 1. The number of fused-ring (bicyclic) bond motifs is 1. The van der Waals surface area contributed by atoms with Gasteiger partial charge in [0.1, 0.15) is 5.82 Å². The third kappa shape index (κ3) is 4.86. The number of rotatable bonds is 6. The number of aliphatic hydroxyl groups excluding tert-OH is 1. The number of nitrogens with zero attached hydrogens (tertiary/aromatic N) is 1. The maximum Gasteiger partial charge on any atom is 0.319 e. The lowest BCUT2D eigenvalue weighted by atomic mass is 10.1. The van der Waals surface area contributed by atoms with Gasteiger partial charge in [-0.05, 0) is 47.9 Å². The van der Waals surface area contributed by atoms with E-state index in [1.54, 1.807) is 6.07 Å². The van der Waals surface area contributed by atoms with E-state index in [0.29, 0.717) is 17.2 Å². The highest BCUT2D eigenvalue weighted by Crippen LogP contribution is 2.21. The molecule has 1 atom stereocenters. The van der Waals surface area contributed by atoms with Crippen LogP contribution in [0.1, 0.15) is 25.5 Å². The van der Waals surface area contributed by atoms with E-state index in [9.17, 15) is 14.3 Å². The van der Waals surface area contributed by atoms with Crippen LogP contribution in [0.2, 0.25) is 0 Å². The van der Waals surface area contributed by atoms with Crippen LogP contribution in [0.25, 0.3) is 10.9 Å². The second-order valence-electron chi connectivity index (χ2n) is 7.04.